The van der Waals surface area contributed by atoms with E-state index in [2.05, 4.69) is 12.2 Å². The van der Waals surface area contributed by atoms with Gasteiger partial charge in [0.15, 0.2) is 0 Å². The zero-order chi connectivity index (χ0) is 20.6. The molecule has 1 rings (SSSR count). The number of aliphatic hydroxyl groups is 1. The SMILES string of the molecule is CCCCCCCCCCCCC(=O)OCC(O)COC(=O)[C@@H]1CCC(=O)N1. The average molecular weight is 400 g/mol. The third kappa shape index (κ3) is 12.0. The Morgan fingerprint density at radius 2 is 1.57 bits per heavy atom. The Labute approximate surface area is 168 Å². The van der Waals surface area contributed by atoms with Gasteiger partial charge in [-0.3, -0.25) is 9.59 Å². The van der Waals surface area contributed by atoms with Crippen LogP contribution in [0.25, 0.3) is 0 Å². The highest BCUT2D eigenvalue weighted by atomic mass is 16.6. The fourth-order valence-corrected chi connectivity index (χ4v) is 3.14. The standard InChI is InChI=1S/C21H37NO6/c1-2-3-4-5-6-7-8-9-10-11-12-20(25)27-15-17(23)16-28-21(26)18-13-14-19(24)22-18/h17-18,23H,2-16H2,1H3,(H,22,24)/t17?,18-/m0/s1. The maximum absolute atomic E-state index is 11.7. The van der Waals surface area contributed by atoms with E-state index in [0.29, 0.717) is 19.3 Å². The van der Waals surface area contributed by atoms with Gasteiger partial charge in [-0.15, -0.1) is 0 Å². The van der Waals surface area contributed by atoms with Gasteiger partial charge < -0.3 is 19.9 Å². The zero-order valence-electron chi connectivity index (χ0n) is 17.2. The second-order valence-electron chi connectivity index (χ2n) is 7.56. The van der Waals surface area contributed by atoms with E-state index in [1.54, 1.807) is 0 Å². The molecule has 0 aromatic rings. The van der Waals surface area contributed by atoms with Crippen LogP contribution in [0.5, 0.6) is 0 Å². The van der Waals surface area contributed by atoms with Gasteiger partial charge in [0.2, 0.25) is 5.91 Å². The Hall–Kier alpha value is -1.63. The third-order valence-corrected chi connectivity index (χ3v) is 4.87. The molecule has 1 amide bonds. The summed E-state index contributed by atoms with van der Waals surface area (Å²) in [6, 6.07) is -0.640. The lowest BCUT2D eigenvalue weighted by Gasteiger charge is -2.14. The van der Waals surface area contributed by atoms with Crippen molar-refractivity contribution in [3.8, 4) is 0 Å². The largest absolute Gasteiger partial charge is 0.463 e. The molecular weight excluding hydrogens is 362 g/mol. The highest BCUT2D eigenvalue weighted by molar-refractivity contribution is 5.88. The maximum atomic E-state index is 11.7. The molecular formula is C21H37NO6. The summed E-state index contributed by atoms with van der Waals surface area (Å²) in [7, 11) is 0. The Kier molecular flexibility index (Phi) is 13.3. The maximum Gasteiger partial charge on any atom is 0.328 e. The van der Waals surface area contributed by atoms with E-state index < -0.39 is 18.1 Å². The number of rotatable bonds is 16. The van der Waals surface area contributed by atoms with Crippen molar-refractivity contribution in [1.82, 2.24) is 5.32 Å². The summed E-state index contributed by atoms with van der Waals surface area (Å²) in [4.78, 5) is 34.4. The monoisotopic (exact) mass is 399 g/mol. The van der Waals surface area contributed by atoms with Gasteiger partial charge in [0, 0.05) is 12.8 Å². The van der Waals surface area contributed by atoms with Gasteiger partial charge in [0.1, 0.15) is 25.4 Å². The molecule has 1 fully saturated rings. The molecule has 1 aliphatic rings. The Bertz CT molecular complexity index is 468. The van der Waals surface area contributed by atoms with Crippen LogP contribution in [-0.4, -0.2) is 48.3 Å². The van der Waals surface area contributed by atoms with E-state index in [1.807, 2.05) is 0 Å². The predicted molar refractivity (Wildman–Crippen MR) is 106 cm³/mol. The van der Waals surface area contributed by atoms with Crippen LogP contribution in [0.1, 0.15) is 90.4 Å². The van der Waals surface area contributed by atoms with Crippen molar-refractivity contribution in [1.29, 1.82) is 0 Å². The molecule has 0 spiro atoms. The van der Waals surface area contributed by atoms with Crippen LogP contribution in [0.4, 0.5) is 0 Å². The van der Waals surface area contributed by atoms with Gasteiger partial charge in [-0.1, -0.05) is 64.7 Å². The molecule has 28 heavy (non-hydrogen) atoms. The molecule has 0 aromatic heterocycles. The van der Waals surface area contributed by atoms with Crippen LogP contribution >= 0.6 is 0 Å². The number of ether oxygens (including phenoxy) is 2. The second kappa shape index (κ2) is 15.3. The van der Waals surface area contributed by atoms with E-state index in [9.17, 15) is 19.5 Å². The minimum atomic E-state index is -1.06. The molecule has 7 heteroatoms. The Morgan fingerprint density at radius 1 is 1.00 bits per heavy atom. The van der Waals surface area contributed by atoms with Crippen molar-refractivity contribution in [2.24, 2.45) is 0 Å². The molecule has 2 N–H and O–H groups in total. The van der Waals surface area contributed by atoms with Crippen LogP contribution in [0.15, 0.2) is 0 Å². The first-order chi connectivity index (χ1) is 13.5. The summed E-state index contributed by atoms with van der Waals surface area (Å²) in [6.07, 6.45) is 12.0. The van der Waals surface area contributed by atoms with E-state index in [-0.39, 0.29) is 25.1 Å². The van der Waals surface area contributed by atoms with Crippen LogP contribution < -0.4 is 5.32 Å². The van der Waals surface area contributed by atoms with Crippen molar-refractivity contribution >= 4 is 17.8 Å². The molecule has 1 heterocycles. The van der Waals surface area contributed by atoms with Crippen LogP contribution in [0.3, 0.4) is 0 Å². The first kappa shape index (κ1) is 24.4. The number of carbonyl (C=O) groups is 3. The van der Waals surface area contributed by atoms with Gasteiger partial charge >= 0.3 is 11.9 Å². The lowest BCUT2D eigenvalue weighted by molar-refractivity contribution is -0.154. The normalized spacial score (nSPS) is 17.2. The Balaban J connectivity index is 1.92. The number of nitrogens with one attached hydrogen (secondary N) is 1. The summed E-state index contributed by atoms with van der Waals surface area (Å²) < 4.78 is 9.95. The highest BCUT2D eigenvalue weighted by Crippen LogP contribution is 2.12. The smallest absolute Gasteiger partial charge is 0.328 e. The van der Waals surface area contributed by atoms with Gasteiger partial charge in [-0.2, -0.15) is 0 Å². The van der Waals surface area contributed by atoms with E-state index >= 15 is 0 Å². The quantitative estimate of drug-likeness (QED) is 0.306. The van der Waals surface area contributed by atoms with Gasteiger partial charge in [0.25, 0.3) is 0 Å². The summed E-state index contributed by atoms with van der Waals surface area (Å²) in [5, 5.41) is 12.2. The molecule has 162 valence electrons. The summed E-state index contributed by atoms with van der Waals surface area (Å²) in [5.41, 5.74) is 0. The van der Waals surface area contributed by atoms with E-state index in [0.717, 1.165) is 19.3 Å². The molecule has 0 radical (unpaired) electrons. The summed E-state index contributed by atoms with van der Waals surface area (Å²) in [6.45, 7) is 1.77. The minimum absolute atomic E-state index is 0.177. The molecule has 1 aliphatic heterocycles. The number of amides is 1. The number of aliphatic hydroxyl groups excluding tert-OH is 1. The first-order valence-corrected chi connectivity index (χ1v) is 10.8. The molecule has 1 saturated heterocycles. The zero-order valence-corrected chi connectivity index (χ0v) is 17.2. The van der Waals surface area contributed by atoms with E-state index in [1.165, 1.54) is 44.9 Å². The summed E-state index contributed by atoms with van der Waals surface area (Å²) in [5.74, 6) is -1.09. The molecule has 1 unspecified atom stereocenters. The Morgan fingerprint density at radius 3 is 2.14 bits per heavy atom. The first-order valence-electron chi connectivity index (χ1n) is 10.8. The minimum Gasteiger partial charge on any atom is -0.463 e. The number of esters is 2. The number of unbranched alkanes of at least 4 members (excludes halogenated alkanes) is 9. The lowest BCUT2D eigenvalue weighted by Crippen LogP contribution is -2.36. The van der Waals surface area contributed by atoms with Crippen LogP contribution in [0, 0.1) is 0 Å². The van der Waals surface area contributed by atoms with Gasteiger partial charge in [0.05, 0.1) is 0 Å². The fraction of sp³-hybridized carbons (Fsp3) is 0.857. The number of hydrogen-bond acceptors (Lipinski definition) is 6. The number of hydrogen-bond donors (Lipinski definition) is 2. The van der Waals surface area contributed by atoms with Crippen molar-refractivity contribution in [2.75, 3.05) is 13.2 Å². The van der Waals surface area contributed by atoms with Crippen molar-refractivity contribution in [3.63, 3.8) is 0 Å². The third-order valence-electron chi connectivity index (χ3n) is 4.87. The molecule has 2 atom stereocenters. The fourth-order valence-electron chi connectivity index (χ4n) is 3.14. The van der Waals surface area contributed by atoms with Crippen molar-refractivity contribution < 1.29 is 29.0 Å². The molecule has 0 saturated carbocycles. The highest BCUT2D eigenvalue weighted by Gasteiger charge is 2.28. The topological polar surface area (TPSA) is 102 Å². The molecule has 7 nitrogen and oxygen atoms in total. The summed E-state index contributed by atoms with van der Waals surface area (Å²) >= 11 is 0. The predicted octanol–water partition coefficient (Wildman–Crippen LogP) is 3.02. The average Bonchev–Trinajstić information content (AvgIpc) is 3.12. The van der Waals surface area contributed by atoms with Crippen LogP contribution in [0.2, 0.25) is 0 Å². The van der Waals surface area contributed by atoms with Crippen LogP contribution in [-0.2, 0) is 23.9 Å². The molecule has 0 aliphatic carbocycles. The molecule has 0 aromatic carbocycles. The second-order valence-corrected chi connectivity index (χ2v) is 7.56. The number of carbonyl (C=O) groups excluding carboxylic acids is 3. The lowest BCUT2D eigenvalue weighted by atomic mass is 10.1. The van der Waals surface area contributed by atoms with E-state index in [4.69, 9.17) is 9.47 Å². The van der Waals surface area contributed by atoms with Crippen molar-refractivity contribution in [2.45, 2.75) is 103 Å². The molecule has 0 bridgehead atoms. The van der Waals surface area contributed by atoms with Gasteiger partial charge in [-0.05, 0) is 12.8 Å². The van der Waals surface area contributed by atoms with Crippen molar-refractivity contribution in [3.05, 3.63) is 0 Å². The van der Waals surface area contributed by atoms with Gasteiger partial charge in [-0.25, -0.2) is 4.79 Å².